The van der Waals surface area contributed by atoms with E-state index in [9.17, 15) is 0 Å². The number of hydrogen-bond donors (Lipinski definition) is 1. The van der Waals surface area contributed by atoms with Crippen molar-refractivity contribution in [1.82, 2.24) is 15.0 Å². The molecule has 0 amide bonds. The molecule has 0 fully saturated rings. The van der Waals surface area contributed by atoms with E-state index in [0.29, 0.717) is 0 Å². The topological polar surface area (TPSA) is 41.6 Å². The van der Waals surface area contributed by atoms with Crippen molar-refractivity contribution in [3.8, 4) is 11.4 Å². The molecule has 3 aromatic rings. The molecular formula is C15H15N3. The van der Waals surface area contributed by atoms with Gasteiger partial charge in [-0.1, -0.05) is 36.4 Å². The van der Waals surface area contributed by atoms with E-state index in [1.165, 1.54) is 0 Å². The Kier molecular flexibility index (Phi) is 4.25. The number of aryl methyl sites for hydroxylation is 1. The van der Waals surface area contributed by atoms with Crippen LogP contribution in [0.3, 0.4) is 0 Å². The van der Waals surface area contributed by atoms with E-state index in [4.69, 9.17) is 0 Å². The van der Waals surface area contributed by atoms with Crippen molar-refractivity contribution in [2.24, 2.45) is 0 Å². The molecule has 0 aliphatic rings. The van der Waals surface area contributed by atoms with E-state index in [2.05, 4.69) is 15.0 Å². The molecule has 2 heterocycles. The molecule has 0 radical (unpaired) electrons. The van der Waals surface area contributed by atoms with E-state index in [-0.39, 0.29) is 0 Å². The SMILES string of the molecule is Cc1cnc(-c2ccccc2)[nH]1.c1ccncc1. The summed E-state index contributed by atoms with van der Waals surface area (Å²) in [5.41, 5.74) is 2.22. The van der Waals surface area contributed by atoms with Gasteiger partial charge in [-0.25, -0.2) is 4.98 Å². The van der Waals surface area contributed by atoms with Crippen LogP contribution in [-0.4, -0.2) is 15.0 Å². The number of imidazole rings is 1. The maximum Gasteiger partial charge on any atom is 0.137 e. The number of nitrogens with zero attached hydrogens (tertiary/aromatic N) is 2. The minimum absolute atomic E-state index is 0.938. The number of rotatable bonds is 1. The normalized spacial score (nSPS) is 9.39. The summed E-state index contributed by atoms with van der Waals surface area (Å²) in [5.74, 6) is 0.938. The average molecular weight is 237 g/mol. The highest BCUT2D eigenvalue weighted by atomic mass is 14.9. The highest BCUT2D eigenvalue weighted by molar-refractivity contribution is 5.54. The molecule has 0 bridgehead atoms. The number of pyridine rings is 1. The first kappa shape index (κ1) is 12.0. The van der Waals surface area contributed by atoms with Gasteiger partial charge in [0.1, 0.15) is 5.82 Å². The van der Waals surface area contributed by atoms with Crippen LogP contribution in [0.15, 0.2) is 67.1 Å². The van der Waals surface area contributed by atoms with Crippen molar-refractivity contribution in [2.75, 3.05) is 0 Å². The third-order valence-corrected chi connectivity index (χ3v) is 2.32. The standard InChI is InChI=1S/C10H10N2.C5H5N/c1-8-7-11-10(12-8)9-5-3-2-4-6-9;1-2-4-6-5-3-1/h2-7H,1H3,(H,11,12);1-5H. The number of hydrogen-bond acceptors (Lipinski definition) is 2. The molecule has 0 spiro atoms. The molecule has 0 saturated heterocycles. The fraction of sp³-hybridized carbons (Fsp3) is 0.0667. The largest absolute Gasteiger partial charge is 0.342 e. The van der Waals surface area contributed by atoms with Crippen LogP contribution < -0.4 is 0 Å². The van der Waals surface area contributed by atoms with Crippen LogP contribution in [0, 0.1) is 6.92 Å². The molecule has 0 aliphatic heterocycles. The fourth-order valence-electron chi connectivity index (χ4n) is 1.47. The lowest BCUT2D eigenvalue weighted by molar-refractivity contribution is 1.26. The molecule has 18 heavy (non-hydrogen) atoms. The minimum atomic E-state index is 0.938. The zero-order chi connectivity index (χ0) is 12.6. The molecular weight excluding hydrogens is 222 g/mol. The first-order valence-corrected chi connectivity index (χ1v) is 5.78. The smallest absolute Gasteiger partial charge is 0.137 e. The van der Waals surface area contributed by atoms with Crippen LogP contribution in [-0.2, 0) is 0 Å². The summed E-state index contributed by atoms with van der Waals surface area (Å²) in [7, 11) is 0. The second-order valence-corrected chi connectivity index (χ2v) is 3.81. The second-order valence-electron chi connectivity index (χ2n) is 3.81. The van der Waals surface area contributed by atoms with Gasteiger partial charge in [0.15, 0.2) is 0 Å². The molecule has 1 N–H and O–H groups in total. The minimum Gasteiger partial charge on any atom is -0.342 e. The molecule has 0 unspecified atom stereocenters. The summed E-state index contributed by atoms with van der Waals surface area (Å²) in [6.07, 6.45) is 5.34. The molecule has 2 aromatic heterocycles. The lowest BCUT2D eigenvalue weighted by atomic mass is 10.2. The summed E-state index contributed by atoms with van der Waals surface area (Å²) < 4.78 is 0. The van der Waals surface area contributed by atoms with Gasteiger partial charge in [0, 0.05) is 29.8 Å². The predicted octanol–water partition coefficient (Wildman–Crippen LogP) is 3.47. The van der Waals surface area contributed by atoms with Gasteiger partial charge < -0.3 is 4.98 Å². The summed E-state index contributed by atoms with van der Waals surface area (Å²) >= 11 is 0. The van der Waals surface area contributed by atoms with Crippen molar-refractivity contribution in [3.63, 3.8) is 0 Å². The Labute approximate surface area is 107 Å². The van der Waals surface area contributed by atoms with Crippen molar-refractivity contribution in [3.05, 3.63) is 72.8 Å². The van der Waals surface area contributed by atoms with E-state index in [1.807, 2.05) is 61.7 Å². The van der Waals surface area contributed by atoms with Gasteiger partial charge in [-0.15, -0.1) is 0 Å². The average Bonchev–Trinajstić information content (AvgIpc) is 2.89. The van der Waals surface area contributed by atoms with E-state index >= 15 is 0 Å². The van der Waals surface area contributed by atoms with Gasteiger partial charge in [-0.05, 0) is 19.1 Å². The van der Waals surface area contributed by atoms with Gasteiger partial charge in [0.05, 0.1) is 0 Å². The number of H-pyrrole nitrogens is 1. The van der Waals surface area contributed by atoms with Crippen LogP contribution in [0.1, 0.15) is 5.69 Å². The Bertz CT molecular complexity index is 532. The molecule has 3 nitrogen and oxygen atoms in total. The van der Waals surface area contributed by atoms with E-state index in [0.717, 1.165) is 17.1 Å². The Hall–Kier alpha value is -2.42. The molecule has 0 aliphatic carbocycles. The highest BCUT2D eigenvalue weighted by Gasteiger charge is 1.98. The maximum absolute atomic E-state index is 4.23. The zero-order valence-electron chi connectivity index (χ0n) is 10.2. The van der Waals surface area contributed by atoms with Gasteiger partial charge in [-0.2, -0.15) is 0 Å². The van der Waals surface area contributed by atoms with Crippen LogP contribution in [0.2, 0.25) is 0 Å². The van der Waals surface area contributed by atoms with Crippen LogP contribution in [0.4, 0.5) is 0 Å². The third-order valence-electron chi connectivity index (χ3n) is 2.32. The Balaban J connectivity index is 0.000000169. The van der Waals surface area contributed by atoms with Crippen LogP contribution >= 0.6 is 0 Å². The summed E-state index contributed by atoms with van der Waals surface area (Å²) in [5, 5.41) is 0. The molecule has 0 saturated carbocycles. The van der Waals surface area contributed by atoms with Gasteiger partial charge in [-0.3, -0.25) is 4.98 Å². The van der Waals surface area contributed by atoms with Crippen molar-refractivity contribution >= 4 is 0 Å². The summed E-state index contributed by atoms with van der Waals surface area (Å²) in [6, 6.07) is 15.8. The maximum atomic E-state index is 4.23. The quantitative estimate of drug-likeness (QED) is 0.704. The Morgan fingerprint density at radius 3 is 2.00 bits per heavy atom. The number of nitrogens with one attached hydrogen (secondary N) is 1. The van der Waals surface area contributed by atoms with Gasteiger partial charge >= 0.3 is 0 Å². The molecule has 1 aromatic carbocycles. The van der Waals surface area contributed by atoms with Gasteiger partial charge in [0.2, 0.25) is 0 Å². The fourth-order valence-corrected chi connectivity index (χ4v) is 1.47. The Morgan fingerprint density at radius 2 is 1.56 bits per heavy atom. The number of benzene rings is 1. The number of aromatic amines is 1. The predicted molar refractivity (Wildman–Crippen MR) is 73.0 cm³/mol. The summed E-state index contributed by atoms with van der Waals surface area (Å²) in [4.78, 5) is 11.2. The third kappa shape index (κ3) is 3.56. The monoisotopic (exact) mass is 237 g/mol. The van der Waals surface area contributed by atoms with Crippen molar-refractivity contribution in [1.29, 1.82) is 0 Å². The van der Waals surface area contributed by atoms with E-state index < -0.39 is 0 Å². The lowest BCUT2D eigenvalue weighted by Gasteiger charge is -1.93. The molecule has 0 atom stereocenters. The first-order chi connectivity index (χ1) is 8.86. The van der Waals surface area contributed by atoms with Crippen molar-refractivity contribution in [2.45, 2.75) is 6.92 Å². The van der Waals surface area contributed by atoms with E-state index in [1.54, 1.807) is 12.4 Å². The molecule has 90 valence electrons. The first-order valence-electron chi connectivity index (χ1n) is 5.78. The zero-order valence-corrected chi connectivity index (χ0v) is 10.2. The summed E-state index contributed by atoms with van der Waals surface area (Å²) in [6.45, 7) is 2.00. The molecule has 3 heteroatoms. The molecule has 3 rings (SSSR count). The van der Waals surface area contributed by atoms with Gasteiger partial charge in [0.25, 0.3) is 0 Å². The number of aromatic nitrogens is 3. The highest BCUT2D eigenvalue weighted by Crippen LogP contribution is 2.13. The van der Waals surface area contributed by atoms with Crippen LogP contribution in [0.25, 0.3) is 11.4 Å². The van der Waals surface area contributed by atoms with Crippen molar-refractivity contribution < 1.29 is 0 Å². The van der Waals surface area contributed by atoms with Crippen LogP contribution in [0.5, 0.6) is 0 Å². The second kappa shape index (κ2) is 6.35. The Morgan fingerprint density at radius 1 is 0.889 bits per heavy atom. The lowest BCUT2D eigenvalue weighted by Crippen LogP contribution is -1.78.